The van der Waals surface area contributed by atoms with E-state index >= 15 is 0 Å². The highest BCUT2D eigenvalue weighted by Gasteiger charge is 2.43. The Balaban J connectivity index is 1.27. The molecule has 0 unspecified atom stereocenters. The number of carbonyl (C=O) groups excluding carboxylic acids is 2. The molecule has 1 aromatic heterocycles. The van der Waals surface area contributed by atoms with Crippen molar-refractivity contribution in [2.45, 2.75) is 31.2 Å². The normalized spacial score (nSPS) is 21.4. The molecule has 0 radical (unpaired) electrons. The zero-order valence-electron chi connectivity index (χ0n) is 15.8. The number of likely N-dealkylation sites (tertiary alicyclic amines) is 1. The standard InChI is InChI=1S/C22H20ClN3O3/c23-15-5-7-16(8-6-15)26-20(27)13-18(22(26)28)25-11-9-14(10-12-25)21-24-17-3-1-2-4-19(17)29-21/h1-8,14,18H,9-13H2/t18-/m0/s1. The van der Waals surface area contributed by atoms with Gasteiger partial charge in [0.2, 0.25) is 5.91 Å². The van der Waals surface area contributed by atoms with E-state index in [4.69, 9.17) is 16.0 Å². The Labute approximate surface area is 173 Å². The Morgan fingerprint density at radius 2 is 1.72 bits per heavy atom. The Kier molecular flexibility index (Phi) is 4.60. The summed E-state index contributed by atoms with van der Waals surface area (Å²) < 4.78 is 5.92. The van der Waals surface area contributed by atoms with Crippen LogP contribution in [-0.2, 0) is 9.59 Å². The molecule has 6 nitrogen and oxygen atoms in total. The van der Waals surface area contributed by atoms with Crippen molar-refractivity contribution in [1.29, 1.82) is 0 Å². The van der Waals surface area contributed by atoms with E-state index in [2.05, 4.69) is 9.88 Å². The number of benzene rings is 2. The average molecular weight is 410 g/mol. The highest BCUT2D eigenvalue weighted by atomic mass is 35.5. The van der Waals surface area contributed by atoms with Crippen LogP contribution >= 0.6 is 11.6 Å². The molecule has 1 atom stereocenters. The van der Waals surface area contributed by atoms with Crippen LogP contribution in [0.1, 0.15) is 31.1 Å². The number of hydrogen-bond acceptors (Lipinski definition) is 5. The van der Waals surface area contributed by atoms with Crippen LogP contribution in [0.4, 0.5) is 5.69 Å². The largest absolute Gasteiger partial charge is 0.440 e. The molecular weight excluding hydrogens is 390 g/mol. The molecule has 7 heteroatoms. The minimum atomic E-state index is -0.400. The van der Waals surface area contributed by atoms with E-state index in [1.54, 1.807) is 24.3 Å². The van der Waals surface area contributed by atoms with E-state index in [1.165, 1.54) is 4.90 Å². The fourth-order valence-corrected chi connectivity index (χ4v) is 4.41. The Bertz CT molecular complexity index is 1040. The monoisotopic (exact) mass is 409 g/mol. The van der Waals surface area contributed by atoms with Crippen molar-refractivity contribution in [3.05, 3.63) is 59.4 Å². The molecule has 2 aliphatic heterocycles. The fourth-order valence-electron chi connectivity index (χ4n) is 4.29. The summed E-state index contributed by atoms with van der Waals surface area (Å²) in [5.74, 6) is 0.682. The van der Waals surface area contributed by atoms with Crippen molar-refractivity contribution in [3.63, 3.8) is 0 Å². The molecule has 2 amide bonds. The van der Waals surface area contributed by atoms with Crippen molar-refractivity contribution >= 4 is 40.2 Å². The van der Waals surface area contributed by atoms with Crippen LogP contribution in [0.25, 0.3) is 11.1 Å². The summed E-state index contributed by atoms with van der Waals surface area (Å²) in [6.45, 7) is 1.48. The lowest BCUT2D eigenvalue weighted by atomic mass is 9.95. The second-order valence-corrected chi connectivity index (χ2v) is 8.03. The smallest absolute Gasteiger partial charge is 0.251 e. The van der Waals surface area contributed by atoms with Crippen molar-refractivity contribution < 1.29 is 14.0 Å². The number of halogens is 1. The van der Waals surface area contributed by atoms with E-state index in [9.17, 15) is 9.59 Å². The van der Waals surface area contributed by atoms with Crippen LogP contribution in [0.2, 0.25) is 5.02 Å². The van der Waals surface area contributed by atoms with Crippen LogP contribution in [-0.4, -0.2) is 40.8 Å². The highest BCUT2D eigenvalue weighted by molar-refractivity contribution is 6.30. The Morgan fingerprint density at radius 3 is 2.45 bits per heavy atom. The van der Waals surface area contributed by atoms with Gasteiger partial charge in [-0.3, -0.25) is 14.5 Å². The van der Waals surface area contributed by atoms with Gasteiger partial charge in [0.1, 0.15) is 5.52 Å². The average Bonchev–Trinajstić information content (AvgIpc) is 3.30. The van der Waals surface area contributed by atoms with E-state index in [-0.39, 0.29) is 24.2 Å². The van der Waals surface area contributed by atoms with Crippen molar-refractivity contribution in [3.8, 4) is 0 Å². The van der Waals surface area contributed by atoms with Gasteiger partial charge >= 0.3 is 0 Å². The third-order valence-corrected chi connectivity index (χ3v) is 6.09. The Morgan fingerprint density at radius 1 is 1.00 bits per heavy atom. The summed E-state index contributed by atoms with van der Waals surface area (Å²) in [6.07, 6.45) is 1.92. The van der Waals surface area contributed by atoms with Gasteiger partial charge in [0.15, 0.2) is 11.5 Å². The number of imide groups is 1. The number of para-hydroxylation sites is 2. The molecule has 5 rings (SSSR count). The van der Waals surface area contributed by atoms with Gasteiger partial charge in [-0.15, -0.1) is 0 Å². The van der Waals surface area contributed by atoms with Crippen molar-refractivity contribution in [2.75, 3.05) is 18.0 Å². The number of oxazole rings is 1. The van der Waals surface area contributed by atoms with Gasteiger partial charge < -0.3 is 4.42 Å². The van der Waals surface area contributed by atoms with Gasteiger partial charge in [0.05, 0.1) is 18.2 Å². The lowest BCUT2D eigenvalue weighted by molar-refractivity contribution is -0.123. The topological polar surface area (TPSA) is 66.7 Å². The first-order valence-electron chi connectivity index (χ1n) is 9.82. The molecule has 0 spiro atoms. The molecule has 29 heavy (non-hydrogen) atoms. The van der Waals surface area contributed by atoms with Gasteiger partial charge in [-0.05, 0) is 62.3 Å². The number of aromatic nitrogens is 1. The van der Waals surface area contributed by atoms with Gasteiger partial charge in [-0.1, -0.05) is 23.7 Å². The van der Waals surface area contributed by atoms with Crippen LogP contribution in [0.3, 0.4) is 0 Å². The summed E-state index contributed by atoms with van der Waals surface area (Å²) in [5.41, 5.74) is 2.26. The van der Waals surface area contributed by atoms with Crippen molar-refractivity contribution in [2.24, 2.45) is 0 Å². The predicted octanol–water partition coefficient (Wildman–Crippen LogP) is 3.99. The molecule has 2 aliphatic rings. The number of piperidine rings is 1. The summed E-state index contributed by atoms with van der Waals surface area (Å²) in [5, 5.41) is 0.575. The maximum Gasteiger partial charge on any atom is 0.251 e. The van der Waals surface area contributed by atoms with Gasteiger partial charge in [0, 0.05) is 10.9 Å². The molecule has 148 valence electrons. The molecule has 2 saturated heterocycles. The van der Waals surface area contributed by atoms with Gasteiger partial charge in [-0.2, -0.15) is 0 Å². The van der Waals surface area contributed by atoms with Crippen molar-refractivity contribution in [1.82, 2.24) is 9.88 Å². The van der Waals surface area contributed by atoms with E-state index in [0.717, 1.165) is 42.9 Å². The summed E-state index contributed by atoms with van der Waals surface area (Å²) in [4.78, 5) is 33.5. The first kappa shape index (κ1) is 18.3. The number of fused-ring (bicyclic) bond motifs is 1. The van der Waals surface area contributed by atoms with Crippen LogP contribution < -0.4 is 4.90 Å². The maximum atomic E-state index is 13.0. The lowest BCUT2D eigenvalue weighted by Crippen LogP contribution is -2.45. The third-order valence-electron chi connectivity index (χ3n) is 5.84. The molecule has 0 saturated carbocycles. The number of rotatable bonds is 3. The third kappa shape index (κ3) is 3.32. The zero-order chi connectivity index (χ0) is 20.0. The zero-order valence-corrected chi connectivity index (χ0v) is 16.5. The molecule has 0 bridgehead atoms. The van der Waals surface area contributed by atoms with E-state index in [1.807, 2.05) is 24.3 Å². The van der Waals surface area contributed by atoms with Gasteiger partial charge in [0.25, 0.3) is 5.91 Å². The number of carbonyl (C=O) groups is 2. The minimum absolute atomic E-state index is 0.155. The molecule has 3 aromatic rings. The lowest BCUT2D eigenvalue weighted by Gasteiger charge is -2.33. The number of hydrogen-bond donors (Lipinski definition) is 0. The minimum Gasteiger partial charge on any atom is -0.440 e. The molecule has 0 N–H and O–H groups in total. The van der Waals surface area contributed by atoms with Crippen LogP contribution in [0.15, 0.2) is 52.9 Å². The number of amides is 2. The molecule has 2 fully saturated rings. The molecular formula is C22H20ClN3O3. The number of nitrogens with zero attached hydrogens (tertiary/aromatic N) is 3. The first-order valence-corrected chi connectivity index (χ1v) is 10.2. The second-order valence-electron chi connectivity index (χ2n) is 7.59. The molecule has 2 aromatic carbocycles. The highest BCUT2D eigenvalue weighted by Crippen LogP contribution is 2.33. The van der Waals surface area contributed by atoms with Crippen LogP contribution in [0.5, 0.6) is 0 Å². The van der Waals surface area contributed by atoms with Gasteiger partial charge in [-0.25, -0.2) is 9.88 Å². The first-order chi connectivity index (χ1) is 14.1. The van der Waals surface area contributed by atoms with E-state index in [0.29, 0.717) is 10.7 Å². The van der Waals surface area contributed by atoms with E-state index < -0.39 is 6.04 Å². The summed E-state index contributed by atoms with van der Waals surface area (Å²) >= 11 is 5.92. The summed E-state index contributed by atoms with van der Waals surface area (Å²) in [7, 11) is 0. The quantitative estimate of drug-likeness (QED) is 0.612. The summed E-state index contributed by atoms with van der Waals surface area (Å²) in [6, 6.07) is 14.2. The van der Waals surface area contributed by atoms with Crippen LogP contribution in [0, 0.1) is 0 Å². The molecule has 3 heterocycles. The fraction of sp³-hybridized carbons (Fsp3) is 0.318. The second kappa shape index (κ2) is 7.28. The maximum absolute atomic E-state index is 13.0. The number of anilines is 1. The predicted molar refractivity (Wildman–Crippen MR) is 110 cm³/mol. The SMILES string of the molecule is O=C1C[C@H](N2CCC(c3nc4ccccc4o3)CC2)C(=O)N1c1ccc(Cl)cc1. The molecule has 0 aliphatic carbocycles. The Hall–Kier alpha value is -2.70.